The largest absolute Gasteiger partial charge is 0.481 e. The molecule has 5 nitrogen and oxygen atoms in total. The van der Waals surface area contributed by atoms with Gasteiger partial charge < -0.3 is 10.2 Å². The van der Waals surface area contributed by atoms with E-state index in [1.54, 1.807) is 13.8 Å². The van der Waals surface area contributed by atoms with Crippen LogP contribution >= 0.6 is 0 Å². The number of aliphatic imine (C=N–C) groups is 1. The first-order chi connectivity index (χ1) is 10.6. The average Bonchev–Trinajstić information content (AvgIpc) is 2.35. The van der Waals surface area contributed by atoms with E-state index in [1.165, 1.54) is 6.42 Å². The quantitative estimate of drug-likeness (QED) is 0.825. The maximum Gasteiger partial charge on any atom is 0.333 e. The number of aliphatic carboxylic acids is 2. The molecular formula is C18H27NO4. The van der Waals surface area contributed by atoms with Crippen LogP contribution in [0.2, 0.25) is 0 Å². The monoisotopic (exact) mass is 321 g/mol. The lowest BCUT2D eigenvalue weighted by Crippen LogP contribution is -2.38. The van der Waals surface area contributed by atoms with Crippen molar-refractivity contribution in [3.63, 3.8) is 0 Å². The summed E-state index contributed by atoms with van der Waals surface area (Å²) in [6, 6.07) is 0. The first-order valence-electron chi connectivity index (χ1n) is 8.34. The van der Waals surface area contributed by atoms with Gasteiger partial charge in [0, 0.05) is 17.3 Å². The first-order valence-corrected chi connectivity index (χ1v) is 8.34. The highest BCUT2D eigenvalue weighted by molar-refractivity contribution is 6.04. The average molecular weight is 321 g/mol. The van der Waals surface area contributed by atoms with Crippen LogP contribution in [0.4, 0.5) is 0 Å². The third kappa shape index (κ3) is 3.82. The molecule has 0 radical (unpaired) electrons. The van der Waals surface area contributed by atoms with Gasteiger partial charge in [0.15, 0.2) is 0 Å². The van der Waals surface area contributed by atoms with Gasteiger partial charge in [0.05, 0.1) is 5.57 Å². The van der Waals surface area contributed by atoms with Crippen LogP contribution in [0.1, 0.15) is 59.8 Å². The fraction of sp³-hybridized carbons (Fsp3) is 0.722. The van der Waals surface area contributed by atoms with Crippen molar-refractivity contribution in [1.29, 1.82) is 0 Å². The van der Waals surface area contributed by atoms with Gasteiger partial charge in [-0.15, -0.1) is 0 Å². The van der Waals surface area contributed by atoms with Gasteiger partial charge in [-0.2, -0.15) is 0 Å². The number of carboxylic acids is 2. The van der Waals surface area contributed by atoms with Gasteiger partial charge in [-0.1, -0.05) is 26.7 Å². The Morgan fingerprint density at radius 3 is 2.43 bits per heavy atom. The van der Waals surface area contributed by atoms with E-state index in [9.17, 15) is 19.8 Å². The van der Waals surface area contributed by atoms with Gasteiger partial charge >= 0.3 is 11.9 Å². The Bertz CT molecular complexity index is 574. The summed E-state index contributed by atoms with van der Waals surface area (Å²) >= 11 is 0. The zero-order valence-electron chi connectivity index (χ0n) is 14.4. The van der Waals surface area contributed by atoms with Crippen molar-refractivity contribution in [2.75, 3.05) is 0 Å². The second kappa shape index (κ2) is 6.46. The highest BCUT2D eigenvalue weighted by Crippen LogP contribution is 2.44. The summed E-state index contributed by atoms with van der Waals surface area (Å²) in [7, 11) is 0. The molecule has 2 rings (SSSR count). The SMILES string of the molecule is CC1=NC(C)=C(C(=O)O)C(CC2CCCC(C)(C)C2)C1C(=O)O. The maximum atomic E-state index is 11.7. The topological polar surface area (TPSA) is 87.0 Å². The fourth-order valence-electron chi connectivity index (χ4n) is 4.45. The predicted molar refractivity (Wildman–Crippen MR) is 88.4 cm³/mol. The lowest BCUT2D eigenvalue weighted by molar-refractivity contribution is -0.141. The first kappa shape index (κ1) is 17.7. The van der Waals surface area contributed by atoms with Crippen molar-refractivity contribution in [3.8, 4) is 0 Å². The van der Waals surface area contributed by atoms with Crippen molar-refractivity contribution in [3.05, 3.63) is 11.3 Å². The van der Waals surface area contributed by atoms with Crippen LogP contribution in [-0.2, 0) is 9.59 Å². The van der Waals surface area contributed by atoms with E-state index >= 15 is 0 Å². The number of hydrogen-bond acceptors (Lipinski definition) is 3. The molecule has 0 bridgehead atoms. The molecule has 0 aromatic rings. The van der Waals surface area contributed by atoms with Gasteiger partial charge in [-0.25, -0.2) is 4.79 Å². The number of hydrogen-bond donors (Lipinski definition) is 2. The molecule has 23 heavy (non-hydrogen) atoms. The Hall–Kier alpha value is -1.65. The number of rotatable bonds is 4. The summed E-state index contributed by atoms with van der Waals surface area (Å²) in [5, 5.41) is 19.2. The standard InChI is InChI=1S/C18H27NO4/c1-10-14(16(20)21)13(15(17(22)23)11(2)19-10)8-12-6-5-7-18(3,4)9-12/h12-14H,5-9H2,1-4H3,(H,20,21)(H,22,23). The van der Waals surface area contributed by atoms with E-state index < -0.39 is 23.8 Å². The Morgan fingerprint density at radius 1 is 1.26 bits per heavy atom. The molecule has 0 aromatic heterocycles. The summed E-state index contributed by atoms with van der Waals surface area (Å²) in [6.07, 6.45) is 5.00. The number of carboxylic acid groups (broad SMARTS) is 2. The fourth-order valence-corrected chi connectivity index (χ4v) is 4.45. The van der Waals surface area contributed by atoms with Crippen molar-refractivity contribution in [2.24, 2.45) is 28.2 Å². The van der Waals surface area contributed by atoms with E-state index in [1.807, 2.05) is 0 Å². The van der Waals surface area contributed by atoms with Gasteiger partial charge in [-0.3, -0.25) is 9.79 Å². The smallest absolute Gasteiger partial charge is 0.333 e. The van der Waals surface area contributed by atoms with Gasteiger partial charge in [0.1, 0.15) is 5.92 Å². The molecule has 1 saturated carbocycles. The molecule has 1 aliphatic carbocycles. The van der Waals surface area contributed by atoms with Gasteiger partial charge in [0.2, 0.25) is 0 Å². The summed E-state index contributed by atoms with van der Waals surface area (Å²) < 4.78 is 0. The molecule has 2 N–H and O–H groups in total. The molecular weight excluding hydrogens is 294 g/mol. The lowest BCUT2D eigenvalue weighted by Gasteiger charge is -2.38. The van der Waals surface area contributed by atoms with Crippen LogP contribution in [0.3, 0.4) is 0 Å². The summed E-state index contributed by atoms with van der Waals surface area (Å²) in [4.78, 5) is 27.6. The molecule has 1 heterocycles. The van der Waals surface area contributed by atoms with E-state index in [4.69, 9.17) is 0 Å². The van der Waals surface area contributed by atoms with Crippen LogP contribution in [-0.4, -0.2) is 27.9 Å². The third-order valence-corrected chi connectivity index (χ3v) is 5.35. The number of carbonyl (C=O) groups is 2. The molecule has 1 fully saturated rings. The zero-order valence-corrected chi connectivity index (χ0v) is 14.4. The summed E-state index contributed by atoms with van der Waals surface area (Å²) in [5.74, 6) is -2.95. The predicted octanol–water partition coefficient (Wildman–Crippen LogP) is 3.74. The van der Waals surface area contributed by atoms with E-state index in [0.717, 1.165) is 19.3 Å². The number of allylic oxidation sites excluding steroid dienone is 1. The zero-order chi connectivity index (χ0) is 17.4. The van der Waals surface area contributed by atoms with Crippen LogP contribution in [0, 0.1) is 23.2 Å². The Labute approximate surface area is 137 Å². The highest BCUT2D eigenvalue weighted by atomic mass is 16.4. The van der Waals surface area contributed by atoms with Crippen LogP contribution in [0.15, 0.2) is 16.3 Å². The van der Waals surface area contributed by atoms with Crippen LogP contribution in [0.25, 0.3) is 0 Å². The molecule has 0 saturated heterocycles. The van der Waals surface area contributed by atoms with Gasteiger partial charge in [0.25, 0.3) is 0 Å². The molecule has 3 atom stereocenters. The minimum Gasteiger partial charge on any atom is -0.481 e. The lowest BCUT2D eigenvalue weighted by atomic mass is 9.67. The molecule has 0 amide bonds. The van der Waals surface area contributed by atoms with Crippen molar-refractivity contribution in [1.82, 2.24) is 0 Å². The Balaban J connectivity index is 2.32. The second-order valence-electron chi connectivity index (χ2n) is 7.84. The molecule has 1 aliphatic heterocycles. The Kier molecular flexibility index (Phi) is 4.97. The molecule has 3 unspecified atom stereocenters. The maximum absolute atomic E-state index is 11.7. The normalized spacial score (nSPS) is 30.8. The van der Waals surface area contributed by atoms with E-state index in [0.29, 0.717) is 23.7 Å². The molecule has 2 aliphatic rings. The minimum absolute atomic E-state index is 0.186. The molecule has 0 spiro atoms. The van der Waals surface area contributed by atoms with Gasteiger partial charge in [-0.05, 0) is 44.4 Å². The number of nitrogens with zero attached hydrogens (tertiary/aromatic N) is 1. The third-order valence-electron chi connectivity index (χ3n) is 5.35. The van der Waals surface area contributed by atoms with Crippen molar-refractivity contribution >= 4 is 17.7 Å². The van der Waals surface area contributed by atoms with Crippen LogP contribution < -0.4 is 0 Å². The van der Waals surface area contributed by atoms with Crippen molar-refractivity contribution in [2.45, 2.75) is 59.8 Å². The molecule has 128 valence electrons. The molecule has 0 aromatic carbocycles. The minimum atomic E-state index is -1.04. The summed E-state index contributed by atoms with van der Waals surface area (Å²) in [5.41, 5.74) is 1.40. The highest BCUT2D eigenvalue weighted by Gasteiger charge is 2.42. The van der Waals surface area contributed by atoms with E-state index in [2.05, 4.69) is 18.8 Å². The Morgan fingerprint density at radius 2 is 1.91 bits per heavy atom. The van der Waals surface area contributed by atoms with E-state index in [-0.39, 0.29) is 11.0 Å². The summed E-state index contributed by atoms with van der Waals surface area (Å²) in [6.45, 7) is 7.84. The molecule has 5 heteroatoms. The van der Waals surface area contributed by atoms with Crippen molar-refractivity contribution < 1.29 is 19.8 Å². The van der Waals surface area contributed by atoms with Crippen LogP contribution in [0.5, 0.6) is 0 Å². The second-order valence-corrected chi connectivity index (χ2v) is 7.84.